The third-order valence-electron chi connectivity index (χ3n) is 5.02. The molecule has 0 aliphatic rings. The minimum absolute atomic E-state index is 0.0359. The highest BCUT2D eigenvalue weighted by Gasteiger charge is 2.16. The van der Waals surface area contributed by atoms with Crippen LogP contribution in [-0.4, -0.2) is 28.0 Å². The normalized spacial score (nSPS) is 11.3. The zero-order valence-electron chi connectivity index (χ0n) is 17.8. The number of unbranched alkanes of at least 4 members (excludes halogenated alkanes) is 2. The lowest BCUT2D eigenvalue weighted by Gasteiger charge is -2.04. The number of para-hydroxylation sites is 1. The molecule has 7 nitrogen and oxygen atoms in total. The Kier molecular flexibility index (Phi) is 7.92. The van der Waals surface area contributed by atoms with Crippen LogP contribution < -0.4 is 5.32 Å². The lowest BCUT2D eigenvalue weighted by atomic mass is 10.2. The van der Waals surface area contributed by atoms with E-state index in [0.717, 1.165) is 30.2 Å². The molecule has 1 aromatic heterocycles. The van der Waals surface area contributed by atoms with Crippen molar-refractivity contribution in [1.82, 2.24) is 9.88 Å². The van der Waals surface area contributed by atoms with Crippen molar-refractivity contribution in [1.29, 1.82) is 0 Å². The molecule has 0 unspecified atom stereocenters. The number of nitrogens with one attached hydrogen (secondary N) is 1. The van der Waals surface area contributed by atoms with E-state index in [2.05, 4.69) is 15.5 Å². The first-order valence-corrected chi connectivity index (χ1v) is 10.7. The minimum Gasteiger partial charge on any atom is -0.493 e. The Labute approximate surface area is 181 Å². The standard InChI is InChI=1S/C24H28N4O3/c1-2-17-28-20-14-9-8-13-19(20)22(24(28)31)27-26-21(29)15-7-4-10-16-25-23(30)18-11-5-3-6-12-18/h3,5-6,8-9,11-14,31H,2,4,7,10,15-17H2,1H3,(H,25,30). The van der Waals surface area contributed by atoms with E-state index in [1.807, 2.05) is 49.4 Å². The molecule has 2 amide bonds. The van der Waals surface area contributed by atoms with Crippen LogP contribution in [0.25, 0.3) is 10.9 Å². The number of hydrogen-bond acceptors (Lipinski definition) is 4. The fourth-order valence-electron chi connectivity index (χ4n) is 3.45. The molecule has 31 heavy (non-hydrogen) atoms. The number of carbonyl (C=O) groups excluding carboxylic acids is 2. The van der Waals surface area contributed by atoms with E-state index >= 15 is 0 Å². The Hall–Kier alpha value is -3.48. The molecule has 0 bridgehead atoms. The third kappa shape index (κ3) is 5.78. The maximum absolute atomic E-state index is 12.1. The van der Waals surface area contributed by atoms with Gasteiger partial charge in [0.2, 0.25) is 5.88 Å². The van der Waals surface area contributed by atoms with Gasteiger partial charge in [0.1, 0.15) is 0 Å². The molecule has 7 heteroatoms. The number of benzene rings is 2. The molecular weight excluding hydrogens is 392 g/mol. The summed E-state index contributed by atoms with van der Waals surface area (Å²) in [7, 11) is 0. The van der Waals surface area contributed by atoms with Crippen molar-refractivity contribution < 1.29 is 14.7 Å². The van der Waals surface area contributed by atoms with Gasteiger partial charge in [-0.15, -0.1) is 10.2 Å². The van der Waals surface area contributed by atoms with Crippen LogP contribution >= 0.6 is 0 Å². The largest absolute Gasteiger partial charge is 0.493 e. The molecule has 1 heterocycles. The van der Waals surface area contributed by atoms with Gasteiger partial charge in [0.05, 0.1) is 5.52 Å². The second-order valence-electron chi connectivity index (χ2n) is 7.37. The number of amides is 2. The second kappa shape index (κ2) is 11.1. The summed E-state index contributed by atoms with van der Waals surface area (Å²) in [6, 6.07) is 16.6. The first kappa shape index (κ1) is 22.2. The summed E-state index contributed by atoms with van der Waals surface area (Å²) < 4.78 is 1.79. The summed E-state index contributed by atoms with van der Waals surface area (Å²) in [6.45, 7) is 3.26. The smallest absolute Gasteiger partial charge is 0.264 e. The maximum Gasteiger partial charge on any atom is 0.264 e. The number of rotatable bonds is 10. The van der Waals surface area contributed by atoms with Crippen molar-refractivity contribution >= 4 is 28.4 Å². The zero-order valence-corrected chi connectivity index (χ0v) is 17.8. The topological polar surface area (TPSA) is 96.0 Å². The summed E-state index contributed by atoms with van der Waals surface area (Å²) in [5, 5.41) is 22.0. The quantitative estimate of drug-likeness (QED) is 0.341. The Morgan fingerprint density at radius 2 is 1.74 bits per heavy atom. The number of hydrogen-bond donors (Lipinski definition) is 2. The van der Waals surface area contributed by atoms with E-state index in [9.17, 15) is 14.7 Å². The zero-order chi connectivity index (χ0) is 22.1. The van der Waals surface area contributed by atoms with Crippen LogP contribution in [0.3, 0.4) is 0 Å². The fourth-order valence-corrected chi connectivity index (χ4v) is 3.45. The molecule has 162 valence electrons. The molecule has 0 spiro atoms. The van der Waals surface area contributed by atoms with Gasteiger partial charge in [0.15, 0.2) is 5.69 Å². The Morgan fingerprint density at radius 1 is 1.00 bits per heavy atom. The van der Waals surface area contributed by atoms with E-state index in [-0.39, 0.29) is 24.1 Å². The predicted octanol–water partition coefficient (Wildman–Crippen LogP) is 5.36. The van der Waals surface area contributed by atoms with Gasteiger partial charge in [-0.2, -0.15) is 0 Å². The van der Waals surface area contributed by atoms with Crippen molar-refractivity contribution in [2.45, 2.75) is 45.6 Å². The van der Waals surface area contributed by atoms with E-state index < -0.39 is 0 Å². The molecule has 0 radical (unpaired) electrons. The number of carbonyl (C=O) groups is 2. The van der Waals surface area contributed by atoms with Gasteiger partial charge in [-0.25, -0.2) is 0 Å². The second-order valence-corrected chi connectivity index (χ2v) is 7.37. The molecule has 0 saturated heterocycles. The Balaban J connectivity index is 1.45. The lowest BCUT2D eigenvalue weighted by molar-refractivity contribution is -0.118. The van der Waals surface area contributed by atoms with Gasteiger partial charge in [-0.1, -0.05) is 49.7 Å². The number of fused-ring (bicyclic) bond motifs is 1. The molecule has 0 saturated carbocycles. The lowest BCUT2D eigenvalue weighted by Crippen LogP contribution is -2.24. The molecular formula is C24H28N4O3. The first-order chi connectivity index (χ1) is 15.1. The third-order valence-corrected chi connectivity index (χ3v) is 5.02. The molecule has 0 fully saturated rings. The van der Waals surface area contributed by atoms with E-state index in [0.29, 0.717) is 30.8 Å². The van der Waals surface area contributed by atoms with Crippen molar-refractivity contribution in [3.05, 3.63) is 60.2 Å². The number of nitrogens with zero attached hydrogens (tertiary/aromatic N) is 3. The van der Waals surface area contributed by atoms with Gasteiger partial charge in [-0.3, -0.25) is 9.59 Å². The van der Waals surface area contributed by atoms with Gasteiger partial charge >= 0.3 is 0 Å². The van der Waals surface area contributed by atoms with Crippen LogP contribution in [0, 0.1) is 0 Å². The van der Waals surface area contributed by atoms with Crippen LogP contribution in [0.2, 0.25) is 0 Å². The van der Waals surface area contributed by atoms with E-state index in [1.165, 1.54) is 0 Å². The number of aryl methyl sites for hydroxylation is 1. The van der Waals surface area contributed by atoms with Crippen LogP contribution in [0.5, 0.6) is 5.88 Å². The van der Waals surface area contributed by atoms with Crippen LogP contribution in [0.4, 0.5) is 5.69 Å². The molecule has 3 rings (SSSR count). The molecule has 0 aliphatic heterocycles. The van der Waals surface area contributed by atoms with Crippen LogP contribution in [-0.2, 0) is 11.3 Å². The summed E-state index contributed by atoms with van der Waals surface area (Å²) in [4.78, 5) is 24.1. The van der Waals surface area contributed by atoms with Gasteiger partial charge < -0.3 is 15.0 Å². The monoisotopic (exact) mass is 420 g/mol. The number of aromatic nitrogens is 1. The SMILES string of the molecule is CCCn1c(O)c(N=NC(=O)CCCCCNC(=O)c2ccccc2)c2ccccc21. The highest BCUT2D eigenvalue weighted by Crippen LogP contribution is 2.38. The summed E-state index contributed by atoms with van der Waals surface area (Å²) >= 11 is 0. The van der Waals surface area contributed by atoms with Crippen molar-refractivity contribution in [2.75, 3.05) is 6.54 Å². The fraction of sp³-hybridized carbons (Fsp3) is 0.333. The number of azo groups is 1. The molecule has 2 aromatic carbocycles. The minimum atomic E-state index is -0.319. The van der Waals surface area contributed by atoms with Gasteiger partial charge in [-0.05, 0) is 37.5 Å². The average molecular weight is 421 g/mol. The highest BCUT2D eigenvalue weighted by atomic mass is 16.3. The summed E-state index contributed by atoms with van der Waals surface area (Å²) in [5.74, 6) is -0.374. The average Bonchev–Trinajstić information content (AvgIpc) is 3.06. The van der Waals surface area contributed by atoms with Crippen molar-refractivity contribution in [3.8, 4) is 5.88 Å². The Bertz CT molecular complexity index is 1060. The van der Waals surface area contributed by atoms with Crippen LogP contribution in [0.1, 0.15) is 49.4 Å². The first-order valence-electron chi connectivity index (χ1n) is 10.7. The van der Waals surface area contributed by atoms with E-state index in [1.54, 1.807) is 16.7 Å². The Morgan fingerprint density at radius 3 is 2.52 bits per heavy atom. The summed E-state index contributed by atoms with van der Waals surface area (Å²) in [5.41, 5.74) is 1.85. The van der Waals surface area contributed by atoms with Gasteiger partial charge in [0, 0.05) is 30.5 Å². The molecule has 3 aromatic rings. The number of aromatic hydroxyl groups is 1. The highest BCUT2D eigenvalue weighted by molar-refractivity contribution is 5.95. The van der Waals surface area contributed by atoms with Crippen LogP contribution in [0.15, 0.2) is 64.8 Å². The maximum atomic E-state index is 12.1. The molecule has 0 aliphatic carbocycles. The van der Waals surface area contributed by atoms with Crippen molar-refractivity contribution in [2.24, 2.45) is 10.2 Å². The predicted molar refractivity (Wildman–Crippen MR) is 121 cm³/mol. The summed E-state index contributed by atoms with van der Waals surface area (Å²) in [6.07, 6.45) is 3.41. The molecule has 2 N–H and O–H groups in total. The van der Waals surface area contributed by atoms with Crippen molar-refractivity contribution in [3.63, 3.8) is 0 Å². The van der Waals surface area contributed by atoms with E-state index in [4.69, 9.17) is 0 Å². The van der Waals surface area contributed by atoms with Gasteiger partial charge in [0.25, 0.3) is 11.8 Å². The molecule has 0 atom stereocenters.